The number of hydrogen-bond acceptors (Lipinski definition) is 2. The molecule has 0 aliphatic rings. The number of rotatable bonds is 7. The van der Waals surface area contributed by atoms with Gasteiger partial charge < -0.3 is 10.5 Å². The Balaban J connectivity index is 2.53. The lowest BCUT2D eigenvalue weighted by molar-refractivity contribution is 0.301. The van der Waals surface area contributed by atoms with E-state index in [0.29, 0.717) is 6.54 Å². The summed E-state index contributed by atoms with van der Waals surface area (Å²) in [6, 6.07) is 4.24. The highest BCUT2D eigenvalue weighted by Gasteiger charge is 2.05. The molecule has 2 N–H and O–H groups in total. The van der Waals surface area contributed by atoms with E-state index in [1.165, 1.54) is 36.0 Å². The summed E-state index contributed by atoms with van der Waals surface area (Å²) in [7, 11) is 0. The van der Waals surface area contributed by atoms with Crippen molar-refractivity contribution in [3.8, 4) is 5.75 Å². The lowest BCUT2D eigenvalue weighted by atomic mass is 10.1. The van der Waals surface area contributed by atoms with E-state index in [2.05, 4.69) is 32.9 Å². The average molecular weight is 235 g/mol. The molecule has 1 rings (SSSR count). The Morgan fingerprint density at radius 2 is 1.71 bits per heavy atom. The zero-order valence-corrected chi connectivity index (χ0v) is 11.4. The van der Waals surface area contributed by atoms with Gasteiger partial charge in [-0.2, -0.15) is 0 Å². The molecule has 0 atom stereocenters. The maximum absolute atomic E-state index is 5.87. The maximum atomic E-state index is 5.87. The van der Waals surface area contributed by atoms with Crippen LogP contribution in [0.15, 0.2) is 12.1 Å². The Labute approximate surface area is 105 Å². The van der Waals surface area contributed by atoms with Gasteiger partial charge in [-0.15, -0.1) is 0 Å². The molecule has 0 amide bonds. The van der Waals surface area contributed by atoms with Crippen molar-refractivity contribution in [3.63, 3.8) is 0 Å². The molecule has 17 heavy (non-hydrogen) atoms. The zero-order chi connectivity index (χ0) is 12.7. The van der Waals surface area contributed by atoms with E-state index in [1.54, 1.807) is 0 Å². The van der Waals surface area contributed by atoms with E-state index in [-0.39, 0.29) is 0 Å². The third-order valence-electron chi connectivity index (χ3n) is 3.00. The Kier molecular flexibility index (Phi) is 6.06. The first kappa shape index (κ1) is 14.0. The van der Waals surface area contributed by atoms with E-state index < -0.39 is 0 Å². The maximum Gasteiger partial charge on any atom is 0.125 e. The van der Waals surface area contributed by atoms with Gasteiger partial charge in [0.15, 0.2) is 0 Å². The van der Waals surface area contributed by atoms with Crippen LogP contribution in [0.4, 0.5) is 0 Å². The molecule has 0 bridgehead atoms. The fourth-order valence-electron chi connectivity index (χ4n) is 2.09. The Hall–Kier alpha value is -1.02. The van der Waals surface area contributed by atoms with E-state index in [4.69, 9.17) is 10.5 Å². The monoisotopic (exact) mass is 235 g/mol. The summed E-state index contributed by atoms with van der Waals surface area (Å²) in [6.07, 6.45) is 4.97. The van der Waals surface area contributed by atoms with Gasteiger partial charge in [0, 0.05) is 6.54 Å². The van der Waals surface area contributed by atoms with Crippen molar-refractivity contribution in [1.82, 2.24) is 0 Å². The molecule has 0 aliphatic heterocycles. The van der Waals surface area contributed by atoms with Crippen LogP contribution in [0.5, 0.6) is 5.75 Å². The number of nitrogens with two attached hydrogens (primary N) is 1. The van der Waals surface area contributed by atoms with Crippen LogP contribution in [0.2, 0.25) is 0 Å². The molecular formula is C15H25NO. The molecule has 1 aromatic carbocycles. The third-order valence-corrected chi connectivity index (χ3v) is 3.00. The lowest BCUT2D eigenvalue weighted by Crippen LogP contribution is -2.03. The Morgan fingerprint density at radius 1 is 1.06 bits per heavy atom. The molecule has 0 aromatic heterocycles. The highest BCUT2D eigenvalue weighted by Crippen LogP contribution is 2.25. The highest BCUT2D eigenvalue weighted by atomic mass is 16.5. The quantitative estimate of drug-likeness (QED) is 0.731. The van der Waals surface area contributed by atoms with E-state index in [9.17, 15) is 0 Å². The Morgan fingerprint density at radius 3 is 2.24 bits per heavy atom. The molecular weight excluding hydrogens is 210 g/mol. The van der Waals surface area contributed by atoms with Crippen molar-refractivity contribution in [2.45, 2.75) is 53.0 Å². The topological polar surface area (TPSA) is 35.2 Å². The molecule has 0 saturated carbocycles. The van der Waals surface area contributed by atoms with Gasteiger partial charge in [0.1, 0.15) is 5.75 Å². The number of unbranched alkanes of at least 4 members (excludes halogenated alkanes) is 3. The fourth-order valence-corrected chi connectivity index (χ4v) is 2.09. The first-order valence-corrected chi connectivity index (χ1v) is 6.62. The van der Waals surface area contributed by atoms with Gasteiger partial charge in [-0.05, 0) is 37.0 Å². The predicted molar refractivity (Wildman–Crippen MR) is 73.4 cm³/mol. The van der Waals surface area contributed by atoms with Gasteiger partial charge in [-0.3, -0.25) is 0 Å². The Bertz CT molecular complexity index is 324. The summed E-state index contributed by atoms with van der Waals surface area (Å²) < 4.78 is 5.87. The molecule has 0 heterocycles. The van der Waals surface area contributed by atoms with Crippen molar-refractivity contribution in [2.75, 3.05) is 6.61 Å². The molecule has 0 aliphatic carbocycles. The summed E-state index contributed by atoms with van der Waals surface area (Å²) in [4.78, 5) is 0. The lowest BCUT2D eigenvalue weighted by Gasteiger charge is -2.13. The van der Waals surface area contributed by atoms with Crippen LogP contribution in [0.1, 0.15) is 49.3 Å². The normalized spacial score (nSPS) is 10.6. The molecule has 1 aromatic rings. The minimum Gasteiger partial charge on any atom is -0.493 e. The number of hydrogen-bond donors (Lipinski definition) is 1. The molecule has 96 valence electrons. The first-order chi connectivity index (χ1) is 8.19. The van der Waals surface area contributed by atoms with Gasteiger partial charge in [0.05, 0.1) is 6.61 Å². The summed E-state index contributed by atoms with van der Waals surface area (Å²) in [5.74, 6) is 1.04. The van der Waals surface area contributed by atoms with Crippen molar-refractivity contribution < 1.29 is 4.74 Å². The number of aryl methyl sites for hydroxylation is 2. The van der Waals surface area contributed by atoms with E-state index in [0.717, 1.165) is 18.8 Å². The largest absolute Gasteiger partial charge is 0.493 e. The van der Waals surface area contributed by atoms with Gasteiger partial charge in [-0.1, -0.05) is 38.3 Å². The summed E-state index contributed by atoms with van der Waals surface area (Å²) in [5.41, 5.74) is 9.22. The second kappa shape index (κ2) is 7.33. The predicted octanol–water partition coefficient (Wildman–Crippen LogP) is 3.72. The van der Waals surface area contributed by atoms with Crippen molar-refractivity contribution >= 4 is 0 Å². The van der Waals surface area contributed by atoms with Crippen LogP contribution in [0.25, 0.3) is 0 Å². The van der Waals surface area contributed by atoms with Crippen molar-refractivity contribution in [1.29, 1.82) is 0 Å². The third kappa shape index (κ3) is 4.39. The van der Waals surface area contributed by atoms with Crippen LogP contribution < -0.4 is 10.5 Å². The second-order valence-corrected chi connectivity index (χ2v) is 4.67. The van der Waals surface area contributed by atoms with E-state index >= 15 is 0 Å². The van der Waals surface area contributed by atoms with Crippen LogP contribution in [0, 0.1) is 13.8 Å². The highest BCUT2D eigenvalue weighted by molar-refractivity contribution is 5.43. The van der Waals surface area contributed by atoms with Crippen LogP contribution in [-0.4, -0.2) is 6.61 Å². The van der Waals surface area contributed by atoms with Gasteiger partial charge >= 0.3 is 0 Å². The van der Waals surface area contributed by atoms with Gasteiger partial charge in [0.2, 0.25) is 0 Å². The van der Waals surface area contributed by atoms with Gasteiger partial charge in [-0.25, -0.2) is 0 Å². The van der Waals surface area contributed by atoms with Crippen molar-refractivity contribution in [2.24, 2.45) is 5.73 Å². The van der Waals surface area contributed by atoms with E-state index in [1.807, 2.05) is 0 Å². The van der Waals surface area contributed by atoms with Gasteiger partial charge in [0.25, 0.3) is 0 Å². The molecule has 0 unspecified atom stereocenters. The number of ether oxygens (including phenoxy) is 1. The second-order valence-electron chi connectivity index (χ2n) is 4.67. The standard InChI is InChI=1S/C15H25NO/c1-4-5-6-7-8-17-15-12(2)9-14(11-16)10-13(15)3/h9-10H,4-8,11,16H2,1-3H3. The SMILES string of the molecule is CCCCCCOc1c(C)cc(CN)cc1C. The smallest absolute Gasteiger partial charge is 0.125 e. The molecule has 2 heteroatoms. The fraction of sp³-hybridized carbons (Fsp3) is 0.600. The van der Waals surface area contributed by atoms with Crippen LogP contribution >= 0.6 is 0 Å². The molecule has 0 radical (unpaired) electrons. The molecule has 0 saturated heterocycles. The molecule has 0 fully saturated rings. The summed E-state index contributed by atoms with van der Waals surface area (Å²) in [6.45, 7) is 7.82. The molecule has 2 nitrogen and oxygen atoms in total. The van der Waals surface area contributed by atoms with Crippen molar-refractivity contribution in [3.05, 3.63) is 28.8 Å². The average Bonchev–Trinajstić information content (AvgIpc) is 2.31. The molecule has 0 spiro atoms. The summed E-state index contributed by atoms with van der Waals surface area (Å²) in [5, 5.41) is 0. The van der Waals surface area contributed by atoms with Crippen LogP contribution in [-0.2, 0) is 6.54 Å². The first-order valence-electron chi connectivity index (χ1n) is 6.62. The van der Waals surface area contributed by atoms with Crippen LogP contribution in [0.3, 0.4) is 0 Å². The summed E-state index contributed by atoms with van der Waals surface area (Å²) >= 11 is 0. The minimum absolute atomic E-state index is 0.596. The number of benzene rings is 1. The minimum atomic E-state index is 0.596. The zero-order valence-electron chi connectivity index (χ0n) is 11.4.